The number of hydrogen-bond acceptors (Lipinski definition) is 12. The molecule has 3 N–H and O–H groups in total. The molecule has 0 aliphatic carbocycles. The Morgan fingerprint density at radius 1 is 1.00 bits per heavy atom. The number of esters is 3. The molecular formula is C22H30N4O9S. The zero-order valence-corrected chi connectivity index (χ0v) is 21.1. The molecule has 36 heavy (non-hydrogen) atoms. The van der Waals surface area contributed by atoms with E-state index in [1.165, 1.54) is 0 Å². The number of hydrogen-bond donors (Lipinski definition) is 2. The molecule has 4 atom stereocenters. The van der Waals surface area contributed by atoms with Crippen LogP contribution in [-0.4, -0.2) is 57.4 Å². The average Bonchev–Trinajstić information content (AvgIpc) is 3.29. The summed E-state index contributed by atoms with van der Waals surface area (Å²) in [7, 11) is 0. The lowest BCUT2D eigenvalue weighted by Crippen LogP contribution is -2.42. The first-order valence-corrected chi connectivity index (χ1v) is 12.6. The van der Waals surface area contributed by atoms with Crippen LogP contribution in [0.5, 0.6) is 0 Å². The predicted octanol–water partition coefficient (Wildman–Crippen LogP) is 1.39. The molecule has 0 amide bonds. The third-order valence-electron chi connectivity index (χ3n) is 5.34. The van der Waals surface area contributed by atoms with Gasteiger partial charge in [-0.15, -0.1) is 0 Å². The van der Waals surface area contributed by atoms with E-state index < -0.39 is 52.9 Å². The molecule has 14 heteroatoms. The number of nitrogens with zero attached hydrogens (tertiary/aromatic N) is 2. The fourth-order valence-corrected chi connectivity index (χ4v) is 4.61. The fourth-order valence-electron chi connectivity index (χ4n) is 3.77. The quantitative estimate of drug-likeness (QED) is 0.319. The molecule has 1 saturated heterocycles. The second-order valence-corrected chi connectivity index (χ2v) is 9.21. The van der Waals surface area contributed by atoms with Crippen LogP contribution in [0.1, 0.15) is 65.5 Å². The number of nitrogen functional groups attached to an aromatic ring is 1. The minimum atomic E-state index is -1.32. The van der Waals surface area contributed by atoms with Gasteiger partial charge in [-0.2, -0.15) is 4.98 Å². The molecule has 0 saturated carbocycles. The Kier molecular flexibility index (Phi) is 9.20. The van der Waals surface area contributed by atoms with Crippen LogP contribution in [-0.2, 0) is 33.3 Å². The highest BCUT2D eigenvalue weighted by atomic mass is 32.1. The molecule has 13 nitrogen and oxygen atoms in total. The van der Waals surface area contributed by atoms with Crippen molar-refractivity contribution in [1.29, 1.82) is 0 Å². The van der Waals surface area contributed by atoms with Crippen molar-refractivity contribution in [1.82, 2.24) is 14.5 Å². The summed E-state index contributed by atoms with van der Waals surface area (Å²) >= 11 is 0.613. The second kappa shape index (κ2) is 12.1. The lowest BCUT2D eigenvalue weighted by Gasteiger charge is -2.24. The smallest absolute Gasteiger partial charge is 0.311 e. The molecule has 2 aromatic rings. The Balaban J connectivity index is 2.07. The number of rotatable bonds is 11. The van der Waals surface area contributed by atoms with Crippen molar-refractivity contribution in [2.75, 3.05) is 12.3 Å². The number of thiazole rings is 1. The zero-order chi connectivity index (χ0) is 26.4. The number of anilines is 1. The van der Waals surface area contributed by atoms with Gasteiger partial charge in [-0.05, 0) is 19.3 Å². The number of aromatic nitrogens is 3. The zero-order valence-electron chi connectivity index (χ0n) is 20.3. The van der Waals surface area contributed by atoms with Crippen molar-refractivity contribution in [3.05, 3.63) is 20.0 Å². The topological polar surface area (TPSA) is 182 Å². The van der Waals surface area contributed by atoms with E-state index in [1.54, 1.807) is 13.8 Å². The summed E-state index contributed by atoms with van der Waals surface area (Å²) in [5, 5.41) is 0. The number of nitrogens with two attached hydrogens (primary N) is 1. The molecule has 0 spiro atoms. The van der Waals surface area contributed by atoms with Crippen molar-refractivity contribution in [2.45, 2.75) is 83.8 Å². The van der Waals surface area contributed by atoms with Crippen LogP contribution in [0.25, 0.3) is 10.3 Å². The van der Waals surface area contributed by atoms with Gasteiger partial charge in [-0.3, -0.25) is 33.5 Å². The molecule has 0 bridgehead atoms. The normalized spacial score (nSPS) is 21.4. The van der Waals surface area contributed by atoms with E-state index >= 15 is 0 Å². The van der Waals surface area contributed by atoms with Crippen LogP contribution >= 0.6 is 11.3 Å². The van der Waals surface area contributed by atoms with Gasteiger partial charge in [-0.1, -0.05) is 32.1 Å². The Bertz CT molecular complexity index is 1220. The van der Waals surface area contributed by atoms with Crippen molar-refractivity contribution < 1.29 is 33.3 Å². The highest BCUT2D eigenvalue weighted by Crippen LogP contribution is 2.36. The van der Waals surface area contributed by atoms with Crippen molar-refractivity contribution in [3.63, 3.8) is 0 Å². The molecule has 198 valence electrons. The van der Waals surface area contributed by atoms with E-state index in [2.05, 4.69) is 9.97 Å². The lowest BCUT2D eigenvalue weighted by atomic mass is 10.1. The minimum Gasteiger partial charge on any atom is -0.463 e. The van der Waals surface area contributed by atoms with Crippen LogP contribution in [0, 0.1) is 0 Å². The summed E-state index contributed by atoms with van der Waals surface area (Å²) in [4.78, 5) is 68.0. The molecule has 0 aromatic carbocycles. The number of carbonyl (C=O) groups is 3. The maximum absolute atomic E-state index is 13.0. The molecule has 0 radical (unpaired) electrons. The van der Waals surface area contributed by atoms with Gasteiger partial charge >= 0.3 is 22.8 Å². The van der Waals surface area contributed by atoms with Crippen LogP contribution < -0.4 is 16.2 Å². The van der Waals surface area contributed by atoms with E-state index in [1.807, 2.05) is 6.92 Å². The van der Waals surface area contributed by atoms with Gasteiger partial charge in [-0.25, -0.2) is 0 Å². The molecule has 3 rings (SSSR count). The van der Waals surface area contributed by atoms with Gasteiger partial charge in [0.2, 0.25) is 5.95 Å². The largest absolute Gasteiger partial charge is 0.463 e. The third kappa shape index (κ3) is 6.10. The maximum atomic E-state index is 13.0. The second-order valence-electron chi connectivity index (χ2n) is 8.25. The number of H-pyrrole nitrogens is 1. The van der Waals surface area contributed by atoms with Gasteiger partial charge < -0.3 is 24.7 Å². The summed E-state index contributed by atoms with van der Waals surface area (Å²) in [6.45, 7) is 5.09. The maximum Gasteiger partial charge on any atom is 0.311 e. The van der Waals surface area contributed by atoms with Crippen molar-refractivity contribution in [2.24, 2.45) is 0 Å². The Labute approximate surface area is 209 Å². The summed E-state index contributed by atoms with van der Waals surface area (Å²) in [5.41, 5.74) is 5.00. The van der Waals surface area contributed by atoms with Gasteiger partial charge in [0.1, 0.15) is 17.4 Å². The number of aromatic amines is 1. The van der Waals surface area contributed by atoms with Gasteiger partial charge in [0.25, 0.3) is 5.56 Å². The van der Waals surface area contributed by atoms with Crippen molar-refractivity contribution in [3.8, 4) is 0 Å². The molecule has 0 unspecified atom stereocenters. The van der Waals surface area contributed by atoms with Crippen LogP contribution in [0.3, 0.4) is 0 Å². The lowest BCUT2D eigenvalue weighted by molar-refractivity contribution is -0.169. The van der Waals surface area contributed by atoms with Crippen LogP contribution in [0.4, 0.5) is 5.95 Å². The molecule has 1 fully saturated rings. The Morgan fingerprint density at radius 2 is 1.58 bits per heavy atom. The standard InChI is InChI=1S/C22H30N4O9S/c1-4-7-12(27)32-10-11-15(34-13(28)8-5-2)16(35-14(29)9-6-3)20(33-11)26-18-17(36-22(26)31)19(30)25-21(23)24-18/h11,15-16,20H,4-10H2,1-3H3,(H3,23,24,25,30)/t11-,15-,16-,20-/m1/s1. The summed E-state index contributed by atoms with van der Waals surface area (Å²) < 4.78 is 23.6. The molecule has 1 aliphatic rings. The number of nitrogens with one attached hydrogen (secondary N) is 1. The number of carbonyl (C=O) groups excluding carboxylic acids is 3. The first kappa shape index (κ1) is 27.3. The Hall–Kier alpha value is -3.26. The van der Waals surface area contributed by atoms with E-state index in [0.717, 1.165) is 4.57 Å². The van der Waals surface area contributed by atoms with E-state index in [9.17, 15) is 24.0 Å². The van der Waals surface area contributed by atoms with E-state index in [4.69, 9.17) is 24.7 Å². The monoisotopic (exact) mass is 526 g/mol. The Morgan fingerprint density at radius 3 is 2.19 bits per heavy atom. The molecule has 3 heterocycles. The van der Waals surface area contributed by atoms with Gasteiger partial charge in [0, 0.05) is 19.3 Å². The highest BCUT2D eigenvalue weighted by Gasteiger charge is 2.52. The molecule has 2 aromatic heterocycles. The number of ether oxygens (including phenoxy) is 4. The summed E-state index contributed by atoms with van der Waals surface area (Å²) in [6.07, 6.45) is -2.96. The number of fused-ring (bicyclic) bond motifs is 1. The SMILES string of the molecule is CCCC(=O)OC[C@H]1O[C@@H](n2c(=O)sc3c(=O)[nH]c(N)nc32)[C@H](OC(=O)CCC)[C@@H]1OC(=O)CCC. The first-order valence-electron chi connectivity index (χ1n) is 11.8. The first-order chi connectivity index (χ1) is 17.2. The van der Waals surface area contributed by atoms with Gasteiger partial charge in [0.15, 0.2) is 24.1 Å². The predicted molar refractivity (Wildman–Crippen MR) is 128 cm³/mol. The average molecular weight is 527 g/mol. The summed E-state index contributed by atoms with van der Waals surface area (Å²) in [6, 6.07) is 0. The van der Waals surface area contributed by atoms with Crippen LogP contribution in [0.2, 0.25) is 0 Å². The van der Waals surface area contributed by atoms with E-state index in [0.29, 0.717) is 30.6 Å². The molecular weight excluding hydrogens is 496 g/mol. The van der Waals surface area contributed by atoms with Crippen LogP contribution in [0.15, 0.2) is 9.59 Å². The highest BCUT2D eigenvalue weighted by molar-refractivity contribution is 7.16. The van der Waals surface area contributed by atoms with E-state index in [-0.39, 0.29) is 42.2 Å². The summed E-state index contributed by atoms with van der Waals surface area (Å²) in [5.74, 6) is -1.89. The third-order valence-corrected chi connectivity index (χ3v) is 6.28. The minimum absolute atomic E-state index is 0.00575. The fraction of sp³-hybridized carbons (Fsp3) is 0.636. The van der Waals surface area contributed by atoms with Crippen molar-refractivity contribution >= 4 is 45.5 Å². The molecule has 1 aliphatic heterocycles. The van der Waals surface area contributed by atoms with Gasteiger partial charge in [0.05, 0.1) is 0 Å².